The molecule has 0 radical (unpaired) electrons. The number of hydrogen-bond donors (Lipinski definition) is 1. The Kier molecular flexibility index (Phi) is 5.72. The first-order chi connectivity index (χ1) is 10.0. The van der Waals surface area contributed by atoms with Crippen molar-refractivity contribution in [3.8, 4) is 0 Å². The third kappa shape index (κ3) is 4.76. The van der Waals surface area contributed by atoms with Crippen LogP contribution in [0.2, 0.25) is 0 Å². The largest absolute Gasteiger partial charge is 0.383 e. The Morgan fingerprint density at radius 2 is 2.29 bits per heavy atom. The summed E-state index contributed by atoms with van der Waals surface area (Å²) in [6, 6.07) is 0.138. The van der Waals surface area contributed by atoms with Gasteiger partial charge < -0.3 is 10.1 Å². The molecular weight excluding hydrogens is 292 g/mol. The first-order valence-electron chi connectivity index (χ1n) is 7.30. The zero-order valence-electron chi connectivity index (χ0n) is 12.7. The summed E-state index contributed by atoms with van der Waals surface area (Å²) in [6.07, 6.45) is 6.52. The van der Waals surface area contributed by atoms with Crippen molar-refractivity contribution in [2.45, 2.75) is 43.5 Å². The fourth-order valence-corrected chi connectivity index (χ4v) is 3.88. The van der Waals surface area contributed by atoms with E-state index in [9.17, 15) is 8.42 Å². The second-order valence-corrected chi connectivity index (χ2v) is 7.96. The van der Waals surface area contributed by atoms with E-state index in [2.05, 4.69) is 15.6 Å². The molecule has 0 saturated heterocycles. The molecule has 0 spiro atoms. The number of aromatic nitrogens is 3. The van der Waals surface area contributed by atoms with Crippen LogP contribution in [-0.4, -0.2) is 55.2 Å². The van der Waals surface area contributed by atoms with E-state index in [4.69, 9.17) is 4.74 Å². The molecule has 0 amide bonds. The zero-order valence-corrected chi connectivity index (χ0v) is 13.5. The van der Waals surface area contributed by atoms with Gasteiger partial charge in [0.1, 0.15) is 9.84 Å². The van der Waals surface area contributed by atoms with Gasteiger partial charge in [-0.2, -0.15) is 0 Å². The van der Waals surface area contributed by atoms with Crippen molar-refractivity contribution in [3.05, 3.63) is 11.9 Å². The first-order valence-corrected chi connectivity index (χ1v) is 9.25. The zero-order chi connectivity index (χ0) is 15.3. The molecule has 0 bridgehead atoms. The van der Waals surface area contributed by atoms with Crippen LogP contribution < -0.4 is 5.32 Å². The molecule has 2 atom stereocenters. The number of nitrogens with zero attached hydrogens (tertiary/aromatic N) is 3. The van der Waals surface area contributed by atoms with Crippen molar-refractivity contribution in [2.24, 2.45) is 0 Å². The Morgan fingerprint density at radius 3 is 3.00 bits per heavy atom. The van der Waals surface area contributed by atoms with E-state index in [1.165, 1.54) is 6.26 Å². The van der Waals surface area contributed by atoms with Crippen molar-refractivity contribution in [2.75, 3.05) is 26.5 Å². The molecule has 1 fully saturated rings. The number of nitrogens with one attached hydrogen (secondary N) is 1. The molecule has 1 N–H and O–H groups in total. The number of ether oxygens (including phenoxy) is 1. The van der Waals surface area contributed by atoms with Gasteiger partial charge in [-0.1, -0.05) is 11.6 Å². The molecule has 0 aliphatic heterocycles. The highest BCUT2D eigenvalue weighted by molar-refractivity contribution is 7.91. The highest BCUT2D eigenvalue weighted by Gasteiger charge is 2.30. The summed E-state index contributed by atoms with van der Waals surface area (Å²) in [4.78, 5) is 0. The number of rotatable bonds is 7. The summed E-state index contributed by atoms with van der Waals surface area (Å²) in [5.41, 5.74) is 0.868. The van der Waals surface area contributed by atoms with Gasteiger partial charge in [-0.25, -0.2) is 13.1 Å². The van der Waals surface area contributed by atoms with Crippen molar-refractivity contribution < 1.29 is 13.2 Å². The van der Waals surface area contributed by atoms with E-state index in [0.29, 0.717) is 19.6 Å². The standard InChI is InChI=1S/C13H24N4O3S/c1-20-7-6-14-9-11-10-17(16-15-11)12-4-3-5-13(8-12)21(2,18)19/h10,12-14H,3-9H2,1-2H3. The Labute approximate surface area is 126 Å². The molecule has 0 aromatic carbocycles. The maximum absolute atomic E-state index is 11.7. The lowest BCUT2D eigenvalue weighted by Crippen LogP contribution is -2.29. The van der Waals surface area contributed by atoms with Gasteiger partial charge >= 0.3 is 0 Å². The van der Waals surface area contributed by atoms with Gasteiger partial charge in [-0.05, 0) is 19.3 Å². The predicted octanol–water partition coefficient (Wildman–Crippen LogP) is 0.542. The third-order valence-corrected chi connectivity index (χ3v) is 5.56. The minimum absolute atomic E-state index is 0.138. The molecule has 8 heteroatoms. The van der Waals surface area contributed by atoms with Gasteiger partial charge in [0, 0.05) is 26.5 Å². The maximum atomic E-state index is 11.7. The van der Waals surface area contributed by atoms with Crippen molar-refractivity contribution in [1.82, 2.24) is 20.3 Å². The van der Waals surface area contributed by atoms with Gasteiger partial charge in [0.05, 0.1) is 29.8 Å². The van der Waals surface area contributed by atoms with Crippen LogP contribution in [0.3, 0.4) is 0 Å². The fourth-order valence-electron chi connectivity index (χ4n) is 2.71. The molecule has 21 heavy (non-hydrogen) atoms. The highest BCUT2D eigenvalue weighted by atomic mass is 32.2. The van der Waals surface area contributed by atoms with Crippen molar-refractivity contribution >= 4 is 9.84 Å². The molecule has 2 unspecified atom stereocenters. The highest BCUT2D eigenvalue weighted by Crippen LogP contribution is 2.31. The van der Waals surface area contributed by atoms with E-state index in [1.54, 1.807) is 7.11 Å². The van der Waals surface area contributed by atoms with Gasteiger partial charge in [0.2, 0.25) is 0 Å². The van der Waals surface area contributed by atoms with Crippen LogP contribution in [0.25, 0.3) is 0 Å². The van der Waals surface area contributed by atoms with E-state index in [-0.39, 0.29) is 11.3 Å². The maximum Gasteiger partial charge on any atom is 0.150 e. The monoisotopic (exact) mass is 316 g/mol. The van der Waals surface area contributed by atoms with Crippen LogP contribution in [0.5, 0.6) is 0 Å². The molecule has 1 aliphatic rings. The second kappa shape index (κ2) is 7.33. The minimum Gasteiger partial charge on any atom is -0.383 e. The van der Waals surface area contributed by atoms with Gasteiger partial charge in [0.15, 0.2) is 0 Å². The van der Waals surface area contributed by atoms with E-state index in [0.717, 1.165) is 31.5 Å². The average Bonchev–Trinajstić information content (AvgIpc) is 2.92. The van der Waals surface area contributed by atoms with E-state index < -0.39 is 9.84 Å². The van der Waals surface area contributed by atoms with Crippen molar-refractivity contribution in [1.29, 1.82) is 0 Å². The lowest BCUT2D eigenvalue weighted by Gasteiger charge is -2.27. The molecule has 120 valence electrons. The SMILES string of the molecule is COCCNCc1cn(C2CCCC(S(C)(=O)=O)C2)nn1. The van der Waals surface area contributed by atoms with Gasteiger partial charge in [-0.3, -0.25) is 0 Å². The Hall–Kier alpha value is -0.990. The Balaban J connectivity index is 1.91. The molecule has 1 heterocycles. The fraction of sp³-hybridized carbons (Fsp3) is 0.846. The smallest absolute Gasteiger partial charge is 0.150 e. The summed E-state index contributed by atoms with van der Waals surface area (Å²) in [7, 11) is -1.30. The van der Waals surface area contributed by atoms with Crippen LogP contribution in [0.1, 0.15) is 37.4 Å². The van der Waals surface area contributed by atoms with E-state index >= 15 is 0 Å². The summed E-state index contributed by atoms with van der Waals surface area (Å²) in [5.74, 6) is 0. The van der Waals surface area contributed by atoms with Crippen LogP contribution in [0.4, 0.5) is 0 Å². The predicted molar refractivity (Wildman–Crippen MR) is 79.7 cm³/mol. The van der Waals surface area contributed by atoms with Crippen LogP contribution in [-0.2, 0) is 21.1 Å². The van der Waals surface area contributed by atoms with Crippen molar-refractivity contribution in [3.63, 3.8) is 0 Å². The average molecular weight is 316 g/mol. The van der Waals surface area contributed by atoms with E-state index in [1.807, 2.05) is 10.9 Å². The molecule has 2 rings (SSSR count). The molecule has 1 saturated carbocycles. The molecular formula is C13H24N4O3S. The summed E-state index contributed by atoms with van der Waals surface area (Å²) in [6.45, 7) is 2.07. The lowest BCUT2D eigenvalue weighted by molar-refractivity contribution is 0.199. The van der Waals surface area contributed by atoms with Crippen LogP contribution in [0, 0.1) is 0 Å². The topological polar surface area (TPSA) is 86.1 Å². The number of sulfone groups is 1. The first kappa shape index (κ1) is 16.4. The lowest BCUT2D eigenvalue weighted by atomic mass is 9.95. The van der Waals surface area contributed by atoms with Crippen LogP contribution in [0.15, 0.2) is 6.20 Å². The summed E-state index contributed by atoms with van der Waals surface area (Å²) >= 11 is 0. The second-order valence-electron chi connectivity index (χ2n) is 5.63. The Bertz CT molecular complexity index is 543. The van der Waals surface area contributed by atoms with Gasteiger partial charge in [-0.15, -0.1) is 5.10 Å². The number of hydrogen-bond acceptors (Lipinski definition) is 6. The summed E-state index contributed by atoms with van der Waals surface area (Å²) < 4.78 is 30.2. The van der Waals surface area contributed by atoms with Crippen LogP contribution >= 0.6 is 0 Å². The molecule has 1 aromatic heterocycles. The Morgan fingerprint density at radius 1 is 1.48 bits per heavy atom. The van der Waals surface area contributed by atoms with Gasteiger partial charge in [0.25, 0.3) is 0 Å². The minimum atomic E-state index is -2.97. The third-order valence-electron chi connectivity index (χ3n) is 3.92. The summed E-state index contributed by atoms with van der Waals surface area (Å²) in [5, 5.41) is 11.3. The molecule has 1 aliphatic carbocycles. The normalized spacial score (nSPS) is 23.3. The molecule has 1 aromatic rings. The quantitative estimate of drug-likeness (QED) is 0.739. The molecule has 7 nitrogen and oxygen atoms in total. The number of methoxy groups -OCH3 is 1.